The molecule has 1 unspecified atom stereocenters. The van der Waals surface area contributed by atoms with Crippen LogP contribution < -0.4 is 0 Å². The molecule has 1 aromatic carbocycles. The van der Waals surface area contributed by atoms with Gasteiger partial charge < -0.3 is 14.7 Å². The van der Waals surface area contributed by atoms with Gasteiger partial charge in [0.15, 0.2) is 0 Å². The molecule has 0 bridgehead atoms. The van der Waals surface area contributed by atoms with E-state index in [0.717, 1.165) is 24.1 Å². The molecule has 1 aromatic heterocycles. The number of aliphatic hydroxyl groups is 1. The van der Waals surface area contributed by atoms with Crippen molar-refractivity contribution in [2.75, 3.05) is 20.3 Å². The lowest BCUT2D eigenvalue weighted by atomic mass is 9.89. The number of aryl methyl sites for hydroxylation is 2. The third-order valence-corrected chi connectivity index (χ3v) is 6.65. The predicted octanol–water partition coefficient (Wildman–Crippen LogP) is 4.09. The lowest BCUT2D eigenvalue weighted by Crippen LogP contribution is -2.31. The van der Waals surface area contributed by atoms with Crippen LogP contribution in [0.5, 0.6) is 0 Å². The number of hydrogen-bond donors (Lipinski definition) is 1. The highest BCUT2D eigenvalue weighted by atomic mass is 32.1. The molecule has 0 saturated carbocycles. The smallest absolute Gasteiger partial charge is 0.295 e. The minimum atomic E-state index is -0.615. The maximum absolute atomic E-state index is 12.9. The number of benzene rings is 1. The number of fused-ring (bicyclic) bond motifs is 1. The Morgan fingerprint density at radius 2 is 2.00 bits per heavy atom. The molecule has 2 aliphatic rings. The van der Waals surface area contributed by atoms with Crippen LogP contribution in [0.15, 0.2) is 41.3 Å². The molecule has 0 spiro atoms. The molecule has 5 nitrogen and oxygen atoms in total. The van der Waals surface area contributed by atoms with E-state index in [9.17, 15) is 14.7 Å². The Morgan fingerprint density at radius 1 is 1.21 bits per heavy atom. The van der Waals surface area contributed by atoms with E-state index in [2.05, 4.69) is 0 Å². The minimum absolute atomic E-state index is 0.0793. The summed E-state index contributed by atoms with van der Waals surface area (Å²) in [5.41, 5.74) is 3.33. The van der Waals surface area contributed by atoms with Crippen molar-refractivity contribution in [1.82, 2.24) is 4.90 Å². The zero-order valence-corrected chi connectivity index (χ0v) is 17.3. The first-order valence-corrected chi connectivity index (χ1v) is 10.9. The highest BCUT2D eigenvalue weighted by Crippen LogP contribution is 2.41. The van der Waals surface area contributed by atoms with E-state index in [1.807, 2.05) is 35.7 Å². The molecule has 1 N–H and O–H groups in total. The van der Waals surface area contributed by atoms with Crippen molar-refractivity contribution in [2.45, 2.75) is 38.1 Å². The van der Waals surface area contributed by atoms with Crippen LogP contribution in [0.4, 0.5) is 0 Å². The van der Waals surface area contributed by atoms with Crippen LogP contribution in [0.1, 0.15) is 46.9 Å². The number of Topliss-reactive ketones (excluding diaryl/α,β-unsaturated/α-hetero) is 1. The molecule has 1 fully saturated rings. The molecule has 1 saturated heterocycles. The van der Waals surface area contributed by atoms with Gasteiger partial charge in [-0.1, -0.05) is 18.2 Å². The summed E-state index contributed by atoms with van der Waals surface area (Å²) in [5, 5.41) is 13.0. The molecule has 152 valence electrons. The summed E-state index contributed by atoms with van der Waals surface area (Å²) in [7, 11) is 1.61. The SMILES string of the molecule is COCCCN1C(=O)C(=O)/C(=C(\O)c2ccc3c(c2)CCCC3)C1c1cccs1. The number of hydrogen-bond acceptors (Lipinski definition) is 5. The molecule has 6 heteroatoms. The Kier molecular flexibility index (Phi) is 5.83. The number of carbonyl (C=O) groups is 2. The van der Waals surface area contributed by atoms with Gasteiger partial charge in [-0.3, -0.25) is 9.59 Å². The third kappa shape index (κ3) is 3.74. The van der Waals surface area contributed by atoms with E-state index < -0.39 is 17.7 Å². The summed E-state index contributed by atoms with van der Waals surface area (Å²) in [6.45, 7) is 0.910. The third-order valence-electron chi connectivity index (χ3n) is 5.72. The molecule has 1 atom stereocenters. The van der Waals surface area contributed by atoms with Gasteiger partial charge in [0.25, 0.3) is 11.7 Å². The summed E-state index contributed by atoms with van der Waals surface area (Å²) in [4.78, 5) is 28.1. The van der Waals surface area contributed by atoms with Crippen molar-refractivity contribution in [1.29, 1.82) is 0 Å². The van der Waals surface area contributed by atoms with E-state index in [-0.39, 0.29) is 11.3 Å². The van der Waals surface area contributed by atoms with Crippen LogP contribution in [0.25, 0.3) is 5.76 Å². The van der Waals surface area contributed by atoms with Gasteiger partial charge in [-0.2, -0.15) is 0 Å². The highest BCUT2D eigenvalue weighted by Gasteiger charge is 2.46. The summed E-state index contributed by atoms with van der Waals surface area (Å²) in [5.74, 6) is -1.25. The van der Waals surface area contributed by atoms with Crippen LogP contribution in [0.2, 0.25) is 0 Å². The Balaban J connectivity index is 1.77. The molecule has 2 aromatic rings. The van der Waals surface area contributed by atoms with E-state index in [1.54, 1.807) is 12.0 Å². The molecule has 0 radical (unpaired) electrons. The van der Waals surface area contributed by atoms with Crippen LogP contribution in [-0.2, 0) is 27.2 Å². The number of ketones is 1. The fourth-order valence-corrected chi connectivity index (χ4v) is 5.11. The maximum atomic E-state index is 12.9. The van der Waals surface area contributed by atoms with Gasteiger partial charge in [0.1, 0.15) is 5.76 Å². The van der Waals surface area contributed by atoms with Crippen LogP contribution in [0, 0.1) is 0 Å². The van der Waals surface area contributed by atoms with Crippen molar-refractivity contribution in [2.24, 2.45) is 0 Å². The lowest BCUT2D eigenvalue weighted by molar-refractivity contribution is -0.140. The van der Waals surface area contributed by atoms with Crippen molar-refractivity contribution < 1.29 is 19.4 Å². The summed E-state index contributed by atoms with van der Waals surface area (Å²) >= 11 is 1.48. The Labute approximate surface area is 174 Å². The van der Waals surface area contributed by atoms with Gasteiger partial charge in [0, 0.05) is 30.7 Å². The largest absolute Gasteiger partial charge is 0.507 e. The van der Waals surface area contributed by atoms with Crippen molar-refractivity contribution in [3.63, 3.8) is 0 Å². The second-order valence-electron chi connectivity index (χ2n) is 7.54. The van der Waals surface area contributed by atoms with E-state index in [1.165, 1.54) is 28.9 Å². The Hall–Kier alpha value is -2.44. The Bertz CT molecular complexity index is 948. The number of nitrogens with zero attached hydrogens (tertiary/aromatic N) is 1. The van der Waals surface area contributed by atoms with Crippen molar-refractivity contribution in [3.8, 4) is 0 Å². The van der Waals surface area contributed by atoms with Crippen LogP contribution >= 0.6 is 11.3 Å². The average Bonchev–Trinajstić information content (AvgIpc) is 3.35. The van der Waals surface area contributed by atoms with E-state index in [0.29, 0.717) is 25.1 Å². The van der Waals surface area contributed by atoms with Gasteiger partial charge in [-0.15, -0.1) is 11.3 Å². The first-order chi connectivity index (χ1) is 14.1. The number of amides is 1. The average molecular weight is 412 g/mol. The number of ether oxygens (including phenoxy) is 1. The molecule has 1 aliphatic carbocycles. The topological polar surface area (TPSA) is 66.8 Å². The molecular formula is C23H25NO4S. The quantitative estimate of drug-likeness (QED) is 0.337. The molecule has 29 heavy (non-hydrogen) atoms. The van der Waals surface area contributed by atoms with Gasteiger partial charge in [-0.25, -0.2) is 0 Å². The first kappa shape index (κ1) is 19.9. The number of methoxy groups -OCH3 is 1. The van der Waals surface area contributed by atoms with Crippen LogP contribution in [0.3, 0.4) is 0 Å². The number of carbonyl (C=O) groups excluding carboxylic acids is 2. The second-order valence-corrected chi connectivity index (χ2v) is 8.52. The number of aliphatic hydroxyl groups excluding tert-OH is 1. The summed E-state index contributed by atoms with van der Waals surface area (Å²) in [6, 6.07) is 9.14. The fraction of sp³-hybridized carbons (Fsp3) is 0.391. The number of rotatable bonds is 6. The van der Waals surface area contributed by atoms with Crippen LogP contribution in [-0.4, -0.2) is 42.0 Å². The molecular weight excluding hydrogens is 386 g/mol. The van der Waals surface area contributed by atoms with Gasteiger partial charge in [-0.05, 0) is 60.7 Å². The Morgan fingerprint density at radius 3 is 2.72 bits per heavy atom. The predicted molar refractivity (Wildman–Crippen MR) is 113 cm³/mol. The second kappa shape index (κ2) is 8.51. The normalized spacial score (nSPS) is 20.9. The van der Waals surface area contributed by atoms with Gasteiger partial charge in [0.2, 0.25) is 0 Å². The highest BCUT2D eigenvalue weighted by molar-refractivity contribution is 7.10. The molecule has 1 aliphatic heterocycles. The number of likely N-dealkylation sites (tertiary alicyclic amines) is 1. The van der Waals surface area contributed by atoms with E-state index in [4.69, 9.17) is 4.74 Å². The lowest BCUT2D eigenvalue weighted by Gasteiger charge is -2.24. The van der Waals surface area contributed by atoms with E-state index >= 15 is 0 Å². The first-order valence-electron chi connectivity index (χ1n) is 10.0. The summed E-state index contributed by atoms with van der Waals surface area (Å²) < 4.78 is 5.10. The van der Waals surface area contributed by atoms with Crippen molar-refractivity contribution >= 4 is 28.8 Å². The minimum Gasteiger partial charge on any atom is -0.507 e. The number of thiophene rings is 1. The summed E-state index contributed by atoms with van der Waals surface area (Å²) in [6.07, 6.45) is 4.98. The fourth-order valence-electron chi connectivity index (χ4n) is 4.27. The van der Waals surface area contributed by atoms with Gasteiger partial charge >= 0.3 is 0 Å². The van der Waals surface area contributed by atoms with Gasteiger partial charge in [0.05, 0.1) is 11.6 Å². The standard InChI is InChI=1S/C23H25NO4S/c1-28-12-5-11-24-20(18-8-4-13-29-18)19(22(26)23(24)27)21(25)17-10-9-15-6-2-3-7-16(15)14-17/h4,8-10,13-14,20,25H,2-3,5-7,11-12H2,1H3/b21-19-. The molecule has 4 rings (SSSR count). The zero-order valence-electron chi connectivity index (χ0n) is 16.5. The monoisotopic (exact) mass is 411 g/mol. The maximum Gasteiger partial charge on any atom is 0.295 e. The molecule has 1 amide bonds. The molecule has 2 heterocycles. The van der Waals surface area contributed by atoms with Crippen molar-refractivity contribution in [3.05, 3.63) is 62.9 Å². The zero-order chi connectivity index (χ0) is 20.4.